The van der Waals surface area contributed by atoms with Crippen molar-refractivity contribution in [2.45, 2.75) is 144 Å². The lowest BCUT2D eigenvalue weighted by atomic mass is 9.88. The van der Waals surface area contributed by atoms with Gasteiger partial charge in [0.05, 0.1) is 13.0 Å². The molecule has 0 bridgehead atoms. The van der Waals surface area contributed by atoms with E-state index in [9.17, 15) is 28.8 Å². The van der Waals surface area contributed by atoms with E-state index in [1.54, 1.807) is 13.8 Å². The Morgan fingerprint density at radius 1 is 0.756 bits per heavy atom. The van der Waals surface area contributed by atoms with Gasteiger partial charge in [0.1, 0.15) is 30.3 Å². The smallest absolute Gasteiger partial charge is 0.328 e. The Labute approximate surface area is 269 Å². The number of rotatable bonds is 11. The predicted molar refractivity (Wildman–Crippen MR) is 173 cm³/mol. The van der Waals surface area contributed by atoms with Crippen LogP contribution in [0, 0.1) is 23.7 Å². The van der Waals surface area contributed by atoms with Gasteiger partial charge in [-0.25, -0.2) is 4.79 Å². The number of carbonyl (C=O) groups excluding carboxylic acids is 6. The molecule has 5 amide bonds. The number of nitrogens with one attached hydrogen (secondary N) is 5. The zero-order valence-corrected chi connectivity index (χ0v) is 28.9. The zero-order chi connectivity index (χ0) is 34.3. The third kappa shape index (κ3) is 15.1. The number of ether oxygens (including phenoxy) is 1. The molecular weight excluding hydrogens is 578 g/mol. The Hall–Kier alpha value is -3.18. The van der Waals surface area contributed by atoms with Crippen LogP contribution >= 0.6 is 0 Å². The molecule has 258 valence electrons. The van der Waals surface area contributed by atoms with E-state index in [0.717, 1.165) is 32.1 Å². The van der Waals surface area contributed by atoms with Crippen LogP contribution in [0.2, 0.25) is 0 Å². The van der Waals surface area contributed by atoms with E-state index < -0.39 is 65.8 Å². The summed E-state index contributed by atoms with van der Waals surface area (Å²) in [7, 11) is 0. The molecule has 1 fully saturated rings. The summed E-state index contributed by atoms with van der Waals surface area (Å²) >= 11 is 0. The van der Waals surface area contributed by atoms with Crippen LogP contribution in [0.25, 0.3) is 0 Å². The SMILES string of the molecule is CCCCCCC(C)CC(C)C1CC(=O)NCC(=O)NC(C(C)C)C(=O)NC(CC(C)C)C(=O)NC(C)C(=O)NC(C)C(=O)O1. The molecule has 0 radical (unpaired) electrons. The molecule has 1 saturated heterocycles. The molecule has 0 aromatic carbocycles. The van der Waals surface area contributed by atoms with Crippen molar-refractivity contribution in [1.29, 1.82) is 0 Å². The van der Waals surface area contributed by atoms with E-state index in [4.69, 9.17) is 4.74 Å². The van der Waals surface area contributed by atoms with Gasteiger partial charge in [-0.1, -0.05) is 80.6 Å². The summed E-state index contributed by atoms with van der Waals surface area (Å²) in [6.07, 6.45) is 5.69. The Kier molecular flexibility index (Phi) is 17.8. The summed E-state index contributed by atoms with van der Waals surface area (Å²) in [4.78, 5) is 78.3. The summed E-state index contributed by atoms with van der Waals surface area (Å²) in [5.74, 6) is -3.58. The van der Waals surface area contributed by atoms with Gasteiger partial charge in [-0.05, 0) is 50.4 Å². The van der Waals surface area contributed by atoms with Crippen LogP contribution in [0.15, 0.2) is 0 Å². The molecule has 0 spiro atoms. The Bertz CT molecular complexity index is 1000. The quantitative estimate of drug-likeness (QED) is 0.171. The van der Waals surface area contributed by atoms with Gasteiger partial charge in [0.25, 0.3) is 0 Å². The lowest BCUT2D eigenvalue weighted by molar-refractivity contribution is -0.157. The van der Waals surface area contributed by atoms with Crippen molar-refractivity contribution in [3.8, 4) is 0 Å². The molecule has 12 nitrogen and oxygen atoms in total. The van der Waals surface area contributed by atoms with Crippen LogP contribution in [-0.4, -0.2) is 72.3 Å². The molecule has 0 aromatic heterocycles. The highest BCUT2D eigenvalue weighted by Gasteiger charge is 2.33. The third-order valence-electron chi connectivity index (χ3n) is 8.13. The van der Waals surface area contributed by atoms with E-state index in [2.05, 4.69) is 40.4 Å². The molecule has 1 heterocycles. The number of hydrogen-bond donors (Lipinski definition) is 5. The first-order valence-electron chi connectivity index (χ1n) is 16.7. The molecule has 0 saturated carbocycles. The second kappa shape index (κ2) is 20.0. The normalized spacial score (nSPS) is 26.3. The van der Waals surface area contributed by atoms with Crippen molar-refractivity contribution in [2.24, 2.45) is 23.7 Å². The van der Waals surface area contributed by atoms with E-state index in [1.807, 2.05) is 20.8 Å². The van der Waals surface area contributed by atoms with Crippen molar-refractivity contribution in [3.05, 3.63) is 0 Å². The second-order valence-electron chi connectivity index (χ2n) is 13.6. The fraction of sp³-hybridized carbons (Fsp3) is 0.818. The predicted octanol–water partition coefficient (Wildman–Crippen LogP) is 2.73. The summed E-state index contributed by atoms with van der Waals surface area (Å²) in [6, 6.07) is -4.00. The molecule has 45 heavy (non-hydrogen) atoms. The van der Waals surface area contributed by atoms with Crippen molar-refractivity contribution in [3.63, 3.8) is 0 Å². The first kappa shape index (κ1) is 39.8. The molecule has 0 aliphatic carbocycles. The lowest BCUT2D eigenvalue weighted by Crippen LogP contribution is -2.58. The second-order valence-corrected chi connectivity index (χ2v) is 13.6. The highest BCUT2D eigenvalue weighted by Crippen LogP contribution is 2.24. The van der Waals surface area contributed by atoms with E-state index in [-0.39, 0.29) is 30.7 Å². The van der Waals surface area contributed by atoms with Gasteiger partial charge in [0.2, 0.25) is 29.5 Å². The first-order valence-corrected chi connectivity index (χ1v) is 16.7. The van der Waals surface area contributed by atoms with Gasteiger partial charge >= 0.3 is 5.97 Å². The number of esters is 1. The molecule has 1 aliphatic heterocycles. The van der Waals surface area contributed by atoms with Crippen LogP contribution in [-0.2, 0) is 33.5 Å². The van der Waals surface area contributed by atoms with Gasteiger partial charge in [-0.15, -0.1) is 0 Å². The lowest BCUT2D eigenvalue weighted by Gasteiger charge is -2.28. The van der Waals surface area contributed by atoms with Gasteiger partial charge in [0.15, 0.2) is 0 Å². The van der Waals surface area contributed by atoms with Gasteiger partial charge in [-0.3, -0.25) is 24.0 Å². The average molecular weight is 638 g/mol. The third-order valence-corrected chi connectivity index (χ3v) is 8.13. The maximum atomic E-state index is 13.2. The summed E-state index contributed by atoms with van der Waals surface area (Å²) in [5, 5.41) is 13.2. The van der Waals surface area contributed by atoms with Crippen LogP contribution in [0.5, 0.6) is 0 Å². The van der Waals surface area contributed by atoms with Crippen molar-refractivity contribution >= 4 is 35.5 Å². The number of unbranched alkanes of at least 4 members (excludes halogenated alkanes) is 3. The molecule has 0 aromatic rings. The van der Waals surface area contributed by atoms with Crippen LogP contribution in [0.4, 0.5) is 0 Å². The molecule has 7 unspecified atom stereocenters. The first-order chi connectivity index (χ1) is 21.0. The minimum atomic E-state index is -1.05. The topological polar surface area (TPSA) is 172 Å². The molecule has 12 heteroatoms. The molecule has 7 atom stereocenters. The monoisotopic (exact) mass is 637 g/mol. The Morgan fingerprint density at radius 3 is 2.00 bits per heavy atom. The standard InChI is InChI=1S/C33H59N5O7/c1-10-11-12-13-14-21(6)16-22(7)26-17-27(39)34-18-28(40)38-29(20(4)5)32(43)37-25(15-19(2)3)31(42)35-23(8)30(41)36-24(9)33(44)45-26/h19-26,29H,10-18H2,1-9H3,(H,34,39)(H,35,42)(H,36,41)(H,37,43)(H,38,40). The highest BCUT2D eigenvalue weighted by molar-refractivity contribution is 5.95. The van der Waals surface area contributed by atoms with Crippen molar-refractivity contribution < 1.29 is 33.5 Å². The Balaban J connectivity index is 3.25. The van der Waals surface area contributed by atoms with Gasteiger partial charge < -0.3 is 31.3 Å². The van der Waals surface area contributed by atoms with Gasteiger partial charge in [-0.2, -0.15) is 0 Å². The molecule has 1 rings (SSSR count). The van der Waals surface area contributed by atoms with E-state index in [1.165, 1.54) is 20.3 Å². The number of carbonyl (C=O) groups is 6. The average Bonchev–Trinajstić information content (AvgIpc) is 2.95. The summed E-state index contributed by atoms with van der Waals surface area (Å²) < 4.78 is 5.80. The van der Waals surface area contributed by atoms with Crippen molar-refractivity contribution in [2.75, 3.05) is 6.54 Å². The maximum Gasteiger partial charge on any atom is 0.328 e. The number of cyclic esters (lactones) is 1. The molecule has 5 N–H and O–H groups in total. The zero-order valence-electron chi connectivity index (χ0n) is 28.9. The van der Waals surface area contributed by atoms with Crippen LogP contribution < -0.4 is 26.6 Å². The van der Waals surface area contributed by atoms with Crippen molar-refractivity contribution in [1.82, 2.24) is 26.6 Å². The minimum Gasteiger partial charge on any atom is -0.460 e. The largest absolute Gasteiger partial charge is 0.460 e. The van der Waals surface area contributed by atoms with E-state index >= 15 is 0 Å². The summed E-state index contributed by atoms with van der Waals surface area (Å²) in [6.45, 7) is 16.1. The minimum absolute atomic E-state index is 0.0308. The highest BCUT2D eigenvalue weighted by atomic mass is 16.5. The Morgan fingerprint density at radius 2 is 1.40 bits per heavy atom. The van der Waals surface area contributed by atoms with Crippen LogP contribution in [0.1, 0.15) is 114 Å². The molecule has 1 aliphatic rings. The number of amides is 5. The number of hydrogen-bond acceptors (Lipinski definition) is 7. The molecular formula is C33H59N5O7. The fourth-order valence-electron chi connectivity index (χ4n) is 5.37. The van der Waals surface area contributed by atoms with E-state index in [0.29, 0.717) is 12.3 Å². The maximum absolute atomic E-state index is 13.2. The van der Waals surface area contributed by atoms with Gasteiger partial charge in [0, 0.05) is 0 Å². The van der Waals surface area contributed by atoms with Crippen LogP contribution in [0.3, 0.4) is 0 Å². The fourth-order valence-corrected chi connectivity index (χ4v) is 5.37. The summed E-state index contributed by atoms with van der Waals surface area (Å²) in [5.41, 5.74) is 0.